The van der Waals surface area contributed by atoms with Gasteiger partial charge in [-0.25, -0.2) is 4.79 Å². The number of carbonyl (C=O) groups is 3. The Balaban J connectivity index is 2.34. The molecule has 1 aromatic heterocycles. The molecule has 0 saturated heterocycles. The maximum Gasteiger partial charge on any atom is 0.326 e. The van der Waals surface area contributed by atoms with Gasteiger partial charge in [0.15, 0.2) is 0 Å². The van der Waals surface area contributed by atoms with E-state index in [9.17, 15) is 14.4 Å². The molecule has 0 fully saturated rings. The van der Waals surface area contributed by atoms with Crippen LogP contribution in [0.4, 0.5) is 0 Å². The molecule has 23 heavy (non-hydrogen) atoms. The molecule has 1 rings (SSSR count). The SMILES string of the molecule is CCC(C)C(NC(=O)CCC(=O)NCc1ccncc1)C(=O)O. The molecule has 0 aliphatic rings. The number of nitrogens with zero attached hydrogens (tertiary/aromatic N) is 1. The smallest absolute Gasteiger partial charge is 0.326 e. The molecule has 1 aromatic rings. The molecule has 1 heterocycles. The Bertz CT molecular complexity index is 533. The van der Waals surface area contributed by atoms with Gasteiger partial charge in [0, 0.05) is 31.8 Å². The summed E-state index contributed by atoms with van der Waals surface area (Å²) in [5, 5.41) is 14.3. The van der Waals surface area contributed by atoms with E-state index in [-0.39, 0.29) is 24.7 Å². The number of aliphatic carboxylic acids is 1. The molecule has 0 spiro atoms. The second kappa shape index (κ2) is 9.55. The summed E-state index contributed by atoms with van der Waals surface area (Å²) in [6, 6.07) is 2.65. The van der Waals surface area contributed by atoms with E-state index in [1.165, 1.54) is 0 Å². The molecule has 0 bridgehead atoms. The minimum absolute atomic E-state index is 0.0176. The van der Waals surface area contributed by atoms with Gasteiger partial charge in [-0.1, -0.05) is 20.3 Å². The van der Waals surface area contributed by atoms with Crippen LogP contribution in [0.25, 0.3) is 0 Å². The van der Waals surface area contributed by atoms with E-state index in [2.05, 4.69) is 15.6 Å². The second-order valence-electron chi connectivity index (χ2n) is 5.40. The van der Waals surface area contributed by atoms with E-state index < -0.39 is 17.9 Å². The van der Waals surface area contributed by atoms with Crippen LogP contribution in [0.1, 0.15) is 38.7 Å². The van der Waals surface area contributed by atoms with Crippen LogP contribution in [0.2, 0.25) is 0 Å². The van der Waals surface area contributed by atoms with Crippen molar-refractivity contribution in [3.63, 3.8) is 0 Å². The molecular formula is C16H23N3O4. The number of hydrogen-bond donors (Lipinski definition) is 3. The largest absolute Gasteiger partial charge is 0.480 e. The van der Waals surface area contributed by atoms with Crippen molar-refractivity contribution in [1.82, 2.24) is 15.6 Å². The van der Waals surface area contributed by atoms with Crippen LogP contribution in [-0.4, -0.2) is 33.9 Å². The number of amides is 2. The van der Waals surface area contributed by atoms with Crippen LogP contribution in [0.3, 0.4) is 0 Å². The second-order valence-corrected chi connectivity index (χ2v) is 5.40. The maximum absolute atomic E-state index is 11.8. The predicted molar refractivity (Wildman–Crippen MR) is 84.3 cm³/mol. The standard InChI is InChI=1S/C16H23N3O4/c1-3-11(2)15(16(22)23)19-14(21)5-4-13(20)18-10-12-6-8-17-9-7-12/h6-9,11,15H,3-5,10H2,1-2H3,(H,18,20)(H,19,21)(H,22,23). The van der Waals surface area contributed by atoms with Gasteiger partial charge in [-0.15, -0.1) is 0 Å². The molecule has 0 saturated carbocycles. The summed E-state index contributed by atoms with van der Waals surface area (Å²) in [5.41, 5.74) is 0.917. The van der Waals surface area contributed by atoms with E-state index in [4.69, 9.17) is 5.11 Å². The average molecular weight is 321 g/mol. The van der Waals surface area contributed by atoms with Crippen LogP contribution >= 0.6 is 0 Å². The monoisotopic (exact) mass is 321 g/mol. The lowest BCUT2D eigenvalue weighted by Gasteiger charge is -2.20. The van der Waals surface area contributed by atoms with Gasteiger partial charge >= 0.3 is 5.97 Å². The zero-order valence-electron chi connectivity index (χ0n) is 13.4. The molecular weight excluding hydrogens is 298 g/mol. The average Bonchev–Trinajstić information content (AvgIpc) is 2.55. The highest BCUT2D eigenvalue weighted by Crippen LogP contribution is 2.08. The van der Waals surface area contributed by atoms with Crippen molar-refractivity contribution in [3.8, 4) is 0 Å². The Hall–Kier alpha value is -2.44. The minimum Gasteiger partial charge on any atom is -0.480 e. The number of aromatic nitrogens is 1. The molecule has 0 aromatic carbocycles. The van der Waals surface area contributed by atoms with Gasteiger partial charge < -0.3 is 15.7 Å². The lowest BCUT2D eigenvalue weighted by atomic mass is 9.99. The number of carboxylic acids is 1. The molecule has 0 radical (unpaired) electrons. The maximum atomic E-state index is 11.8. The topological polar surface area (TPSA) is 108 Å². The summed E-state index contributed by atoms with van der Waals surface area (Å²) in [5.74, 6) is -1.92. The van der Waals surface area contributed by atoms with Crippen LogP contribution in [0.15, 0.2) is 24.5 Å². The molecule has 3 N–H and O–H groups in total. The van der Waals surface area contributed by atoms with E-state index in [0.29, 0.717) is 13.0 Å². The number of pyridine rings is 1. The van der Waals surface area contributed by atoms with Crippen molar-refractivity contribution in [2.75, 3.05) is 0 Å². The van der Waals surface area contributed by atoms with Crippen LogP contribution in [0.5, 0.6) is 0 Å². The number of carbonyl (C=O) groups excluding carboxylic acids is 2. The molecule has 2 amide bonds. The van der Waals surface area contributed by atoms with Gasteiger partial charge in [-0.05, 0) is 23.6 Å². The highest BCUT2D eigenvalue weighted by Gasteiger charge is 2.25. The zero-order valence-corrected chi connectivity index (χ0v) is 13.4. The van der Waals surface area contributed by atoms with Gasteiger partial charge in [0.05, 0.1) is 0 Å². The van der Waals surface area contributed by atoms with Crippen molar-refractivity contribution in [2.45, 2.75) is 45.7 Å². The molecule has 126 valence electrons. The molecule has 0 aliphatic carbocycles. The first-order valence-electron chi connectivity index (χ1n) is 7.61. The van der Waals surface area contributed by atoms with Gasteiger partial charge in [0.2, 0.25) is 11.8 Å². The fourth-order valence-corrected chi connectivity index (χ4v) is 1.95. The summed E-state index contributed by atoms with van der Waals surface area (Å²) in [7, 11) is 0. The van der Waals surface area contributed by atoms with Crippen molar-refractivity contribution in [3.05, 3.63) is 30.1 Å². The lowest BCUT2D eigenvalue weighted by Crippen LogP contribution is -2.45. The number of rotatable bonds is 9. The summed E-state index contributed by atoms with van der Waals surface area (Å²) < 4.78 is 0. The molecule has 0 aliphatic heterocycles. The minimum atomic E-state index is -1.06. The number of hydrogen-bond acceptors (Lipinski definition) is 4. The fraction of sp³-hybridized carbons (Fsp3) is 0.500. The van der Waals surface area contributed by atoms with Crippen molar-refractivity contribution in [1.29, 1.82) is 0 Å². The van der Waals surface area contributed by atoms with Crippen molar-refractivity contribution in [2.24, 2.45) is 5.92 Å². The highest BCUT2D eigenvalue weighted by molar-refractivity contribution is 5.87. The first-order chi connectivity index (χ1) is 10.9. The van der Waals surface area contributed by atoms with Crippen molar-refractivity contribution < 1.29 is 19.5 Å². The lowest BCUT2D eigenvalue weighted by molar-refractivity contribution is -0.143. The van der Waals surface area contributed by atoms with E-state index in [1.807, 2.05) is 6.92 Å². The first kappa shape index (κ1) is 18.6. The van der Waals surface area contributed by atoms with E-state index in [0.717, 1.165) is 5.56 Å². The quantitative estimate of drug-likeness (QED) is 0.631. The van der Waals surface area contributed by atoms with Crippen LogP contribution in [-0.2, 0) is 20.9 Å². The third-order valence-corrected chi connectivity index (χ3v) is 3.61. The summed E-state index contributed by atoms with van der Waals surface area (Å²) in [6.07, 6.45) is 3.89. The van der Waals surface area contributed by atoms with Crippen LogP contribution < -0.4 is 10.6 Å². The first-order valence-corrected chi connectivity index (χ1v) is 7.61. The van der Waals surface area contributed by atoms with Gasteiger partial charge in [-0.3, -0.25) is 14.6 Å². The summed E-state index contributed by atoms with van der Waals surface area (Å²) in [6.45, 7) is 3.99. The Morgan fingerprint density at radius 1 is 1.17 bits per heavy atom. The van der Waals surface area contributed by atoms with E-state index in [1.54, 1.807) is 31.5 Å². The van der Waals surface area contributed by atoms with Crippen LogP contribution in [0, 0.1) is 5.92 Å². The Morgan fingerprint density at radius 3 is 2.35 bits per heavy atom. The zero-order chi connectivity index (χ0) is 17.2. The molecule has 2 unspecified atom stereocenters. The molecule has 2 atom stereocenters. The Kier molecular flexibility index (Phi) is 7.73. The summed E-state index contributed by atoms with van der Waals surface area (Å²) >= 11 is 0. The third kappa shape index (κ3) is 6.90. The fourth-order valence-electron chi connectivity index (χ4n) is 1.95. The van der Waals surface area contributed by atoms with Gasteiger partial charge in [-0.2, -0.15) is 0 Å². The van der Waals surface area contributed by atoms with Gasteiger partial charge in [0.25, 0.3) is 0 Å². The Labute approximate surface area is 135 Å². The number of nitrogens with one attached hydrogen (secondary N) is 2. The number of carboxylic acid groups (broad SMARTS) is 1. The normalized spacial score (nSPS) is 13.0. The summed E-state index contributed by atoms with van der Waals surface area (Å²) in [4.78, 5) is 38.5. The molecule has 7 heteroatoms. The predicted octanol–water partition coefficient (Wildman–Crippen LogP) is 1.09. The highest BCUT2D eigenvalue weighted by atomic mass is 16.4. The van der Waals surface area contributed by atoms with Crippen molar-refractivity contribution >= 4 is 17.8 Å². The third-order valence-electron chi connectivity index (χ3n) is 3.61. The van der Waals surface area contributed by atoms with Gasteiger partial charge in [0.1, 0.15) is 6.04 Å². The van der Waals surface area contributed by atoms with E-state index >= 15 is 0 Å². The Morgan fingerprint density at radius 2 is 1.78 bits per heavy atom. The molecule has 7 nitrogen and oxygen atoms in total.